The van der Waals surface area contributed by atoms with Gasteiger partial charge in [-0.3, -0.25) is 0 Å². The molecule has 0 bridgehead atoms. The van der Waals surface area contributed by atoms with E-state index < -0.39 is 0 Å². The first-order chi connectivity index (χ1) is 7.65. The van der Waals surface area contributed by atoms with Gasteiger partial charge in [-0.1, -0.05) is 12.1 Å². The predicted octanol–water partition coefficient (Wildman–Crippen LogP) is 3.51. The van der Waals surface area contributed by atoms with Gasteiger partial charge >= 0.3 is 0 Å². The van der Waals surface area contributed by atoms with Crippen LogP contribution in [0.5, 0.6) is 11.5 Å². The molecule has 0 saturated heterocycles. The number of halogens is 1. The van der Waals surface area contributed by atoms with Crippen molar-refractivity contribution in [1.82, 2.24) is 0 Å². The van der Waals surface area contributed by atoms with Gasteiger partial charge in [0.15, 0.2) is 0 Å². The van der Waals surface area contributed by atoms with Gasteiger partial charge in [-0.15, -0.1) is 0 Å². The fraction of sp³-hybridized carbons (Fsp3) is 0.0769. The molecule has 0 aliphatic heterocycles. The Hall–Kier alpha value is -2.03. The third-order valence-electron chi connectivity index (χ3n) is 2.24. The zero-order valence-corrected chi connectivity index (χ0v) is 8.91. The van der Waals surface area contributed by atoms with Crippen molar-refractivity contribution in [2.24, 2.45) is 0 Å². The third kappa shape index (κ3) is 2.31. The quantitative estimate of drug-likeness (QED) is 0.781. The highest BCUT2D eigenvalue weighted by molar-refractivity contribution is 5.45. The third-order valence-corrected chi connectivity index (χ3v) is 2.24. The molecule has 0 aliphatic rings. The Morgan fingerprint density at radius 2 is 1.81 bits per heavy atom. The molecule has 0 atom stereocenters. The van der Waals surface area contributed by atoms with E-state index in [1.54, 1.807) is 43.3 Å². The van der Waals surface area contributed by atoms with Gasteiger partial charge in [0.25, 0.3) is 0 Å². The van der Waals surface area contributed by atoms with E-state index in [1.165, 1.54) is 6.07 Å². The van der Waals surface area contributed by atoms with Gasteiger partial charge in [-0.25, -0.2) is 4.39 Å². The van der Waals surface area contributed by atoms with Crippen LogP contribution in [0.25, 0.3) is 0 Å². The average Bonchev–Trinajstić information content (AvgIpc) is 2.24. The number of anilines is 1. The number of rotatable bonds is 2. The number of aryl methyl sites for hydroxylation is 1. The summed E-state index contributed by atoms with van der Waals surface area (Å²) in [5.41, 5.74) is 6.83. The maximum absolute atomic E-state index is 13.3. The molecule has 0 unspecified atom stereocenters. The van der Waals surface area contributed by atoms with Crippen LogP contribution < -0.4 is 10.5 Å². The topological polar surface area (TPSA) is 35.2 Å². The highest BCUT2D eigenvalue weighted by Gasteiger charge is 2.01. The molecular formula is C13H12FNO. The van der Waals surface area contributed by atoms with Crippen LogP contribution >= 0.6 is 0 Å². The Kier molecular flexibility index (Phi) is 2.77. The van der Waals surface area contributed by atoms with Gasteiger partial charge in [0, 0.05) is 17.8 Å². The summed E-state index contributed by atoms with van der Waals surface area (Å²) < 4.78 is 18.7. The summed E-state index contributed by atoms with van der Waals surface area (Å²) >= 11 is 0. The SMILES string of the molecule is Cc1ccc(Oc2cccc(N)c2)cc1F. The van der Waals surface area contributed by atoms with E-state index in [0.717, 1.165) is 0 Å². The first-order valence-corrected chi connectivity index (χ1v) is 4.95. The van der Waals surface area contributed by atoms with E-state index in [0.29, 0.717) is 22.7 Å². The van der Waals surface area contributed by atoms with Gasteiger partial charge in [0.05, 0.1) is 0 Å². The molecule has 0 aliphatic carbocycles. The van der Waals surface area contributed by atoms with Gasteiger partial charge in [0.1, 0.15) is 17.3 Å². The zero-order valence-electron chi connectivity index (χ0n) is 8.91. The number of hydrogen-bond acceptors (Lipinski definition) is 2. The molecular weight excluding hydrogens is 205 g/mol. The first-order valence-electron chi connectivity index (χ1n) is 4.95. The summed E-state index contributed by atoms with van der Waals surface area (Å²) in [6, 6.07) is 11.8. The van der Waals surface area contributed by atoms with Crippen molar-refractivity contribution in [3.8, 4) is 11.5 Å². The minimum Gasteiger partial charge on any atom is -0.457 e. The van der Waals surface area contributed by atoms with Crippen LogP contribution in [-0.2, 0) is 0 Å². The lowest BCUT2D eigenvalue weighted by Gasteiger charge is -2.07. The van der Waals surface area contributed by atoms with E-state index in [-0.39, 0.29) is 5.82 Å². The minimum atomic E-state index is -0.276. The molecule has 0 heterocycles. The molecule has 0 amide bonds. The molecule has 0 saturated carbocycles. The van der Waals surface area contributed by atoms with Crippen LogP contribution in [0.1, 0.15) is 5.56 Å². The van der Waals surface area contributed by atoms with Crippen molar-refractivity contribution in [3.05, 3.63) is 53.8 Å². The largest absolute Gasteiger partial charge is 0.457 e. The Morgan fingerprint density at radius 1 is 1.06 bits per heavy atom. The molecule has 82 valence electrons. The second-order valence-corrected chi connectivity index (χ2v) is 3.59. The van der Waals surface area contributed by atoms with E-state index in [2.05, 4.69) is 0 Å². The van der Waals surface area contributed by atoms with Crippen LogP contribution in [-0.4, -0.2) is 0 Å². The summed E-state index contributed by atoms with van der Waals surface area (Å²) in [4.78, 5) is 0. The van der Waals surface area contributed by atoms with E-state index >= 15 is 0 Å². The van der Waals surface area contributed by atoms with Crippen molar-refractivity contribution in [3.63, 3.8) is 0 Å². The highest BCUT2D eigenvalue weighted by atomic mass is 19.1. The fourth-order valence-corrected chi connectivity index (χ4v) is 1.35. The van der Waals surface area contributed by atoms with Crippen LogP contribution in [0.15, 0.2) is 42.5 Å². The Morgan fingerprint density at radius 3 is 2.50 bits per heavy atom. The Bertz CT molecular complexity index is 511. The monoisotopic (exact) mass is 217 g/mol. The van der Waals surface area contributed by atoms with E-state index in [1.807, 2.05) is 0 Å². The lowest BCUT2D eigenvalue weighted by Crippen LogP contribution is -1.89. The summed E-state index contributed by atoms with van der Waals surface area (Å²) in [6.45, 7) is 1.71. The van der Waals surface area contributed by atoms with Crippen molar-refractivity contribution in [1.29, 1.82) is 0 Å². The second-order valence-electron chi connectivity index (χ2n) is 3.59. The van der Waals surface area contributed by atoms with Gasteiger partial charge in [0.2, 0.25) is 0 Å². The van der Waals surface area contributed by atoms with Crippen LogP contribution in [0, 0.1) is 12.7 Å². The molecule has 0 aromatic heterocycles. The van der Waals surface area contributed by atoms with Crippen LogP contribution in [0.2, 0.25) is 0 Å². The van der Waals surface area contributed by atoms with Crippen molar-refractivity contribution < 1.29 is 9.13 Å². The molecule has 2 rings (SSSR count). The predicted molar refractivity (Wildman–Crippen MR) is 62.1 cm³/mol. The summed E-state index contributed by atoms with van der Waals surface area (Å²) in [7, 11) is 0. The maximum atomic E-state index is 13.3. The number of nitrogen functional groups attached to an aromatic ring is 1. The first kappa shape index (κ1) is 10.5. The molecule has 2 aromatic rings. The number of ether oxygens (including phenoxy) is 1. The fourth-order valence-electron chi connectivity index (χ4n) is 1.35. The van der Waals surface area contributed by atoms with Gasteiger partial charge in [-0.2, -0.15) is 0 Å². The van der Waals surface area contributed by atoms with Gasteiger partial charge in [-0.05, 0) is 30.7 Å². The summed E-state index contributed by atoms with van der Waals surface area (Å²) in [5, 5.41) is 0. The lowest BCUT2D eigenvalue weighted by atomic mass is 10.2. The molecule has 0 fully saturated rings. The minimum absolute atomic E-state index is 0.276. The smallest absolute Gasteiger partial charge is 0.130 e. The van der Waals surface area contributed by atoms with E-state index in [9.17, 15) is 4.39 Å². The molecule has 2 nitrogen and oxygen atoms in total. The Balaban J connectivity index is 2.24. The molecule has 2 aromatic carbocycles. The lowest BCUT2D eigenvalue weighted by molar-refractivity contribution is 0.476. The number of benzene rings is 2. The second kappa shape index (κ2) is 4.23. The summed E-state index contributed by atoms with van der Waals surface area (Å²) in [6.07, 6.45) is 0. The van der Waals surface area contributed by atoms with Crippen LogP contribution in [0.3, 0.4) is 0 Å². The molecule has 0 spiro atoms. The zero-order chi connectivity index (χ0) is 11.5. The maximum Gasteiger partial charge on any atom is 0.130 e. The number of hydrogen-bond donors (Lipinski definition) is 1. The summed E-state index contributed by atoms with van der Waals surface area (Å²) in [5.74, 6) is 0.790. The standard InChI is InChI=1S/C13H12FNO/c1-9-5-6-12(8-13(9)14)16-11-4-2-3-10(15)7-11/h2-8H,15H2,1H3. The highest BCUT2D eigenvalue weighted by Crippen LogP contribution is 2.24. The molecule has 3 heteroatoms. The van der Waals surface area contributed by atoms with Crippen LogP contribution in [0.4, 0.5) is 10.1 Å². The van der Waals surface area contributed by atoms with Crippen molar-refractivity contribution in [2.45, 2.75) is 6.92 Å². The number of nitrogens with two attached hydrogens (primary N) is 1. The molecule has 2 N–H and O–H groups in total. The van der Waals surface area contributed by atoms with E-state index in [4.69, 9.17) is 10.5 Å². The van der Waals surface area contributed by atoms with Crippen molar-refractivity contribution in [2.75, 3.05) is 5.73 Å². The van der Waals surface area contributed by atoms with Crippen molar-refractivity contribution >= 4 is 5.69 Å². The van der Waals surface area contributed by atoms with Gasteiger partial charge < -0.3 is 10.5 Å². The molecule has 0 radical (unpaired) electrons. The Labute approximate surface area is 93.5 Å². The molecule has 16 heavy (non-hydrogen) atoms. The normalized spacial score (nSPS) is 10.1. The average molecular weight is 217 g/mol.